The number of fused-ring (bicyclic) bond motifs is 1. The van der Waals surface area contributed by atoms with Gasteiger partial charge in [0.15, 0.2) is 12.4 Å². The van der Waals surface area contributed by atoms with E-state index in [-0.39, 0.29) is 12.4 Å². The topological polar surface area (TPSA) is 78.2 Å². The largest absolute Gasteiger partial charge is 0.492 e. The summed E-state index contributed by atoms with van der Waals surface area (Å²) in [5.41, 5.74) is 2.15. The van der Waals surface area contributed by atoms with Crippen molar-refractivity contribution >= 4 is 34.3 Å². The molecule has 0 N–H and O–H groups in total. The van der Waals surface area contributed by atoms with Crippen LogP contribution in [-0.2, 0) is 9.53 Å². The SMILES string of the molecule is CCN(CC)CCOc1ccc(C(=O)c2c(-c3ccc(OCC(=O)OC)cc3)oc3ccc(Cl)cc23)cc1. The number of likely N-dealkylation sites (N-methyl/N-ethyl adjacent to an activating group) is 1. The number of ether oxygens (including phenoxy) is 3. The Bertz CT molecular complexity index is 1390. The fourth-order valence-corrected chi connectivity index (χ4v) is 4.25. The molecule has 198 valence electrons. The highest BCUT2D eigenvalue weighted by Gasteiger charge is 2.24. The Balaban J connectivity index is 1.60. The monoisotopic (exact) mass is 535 g/mol. The third-order valence-corrected chi connectivity index (χ3v) is 6.50. The van der Waals surface area contributed by atoms with Gasteiger partial charge in [0.05, 0.1) is 12.7 Å². The van der Waals surface area contributed by atoms with Gasteiger partial charge in [0, 0.05) is 28.1 Å². The van der Waals surface area contributed by atoms with Gasteiger partial charge in [-0.2, -0.15) is 0 Å². The van der Waals surface area contributed by atoms with Gasteiger partial charge in [0.1, 0.15) is 29.4 Å². The lowest BCUT2D eigenvalue weighted by molar-refractivity contribution is -0.142. The third kappa shape index (κ3) is 6.36. The second-order valence-corrected chi connectivity index (χ2v) is 9.00. The van der Waals surface area contributed by atoms with Crippen molar-refractivity contribution < 1.29 is 28.2 Å². The van der Waals surface area contributed by atoms with Gasteiger partial charge >= 0.3 is 5.97 Å². The normalized spacial score (nSPS) is 11.1. The number of methoxy groups -OCH3 is 1. The van der Waals surface area contributed by atoms with E-state index in [1.54, 1.807) is 66.7 Å². The molecule has 0 bridgehead atoms. The average Bonchev–Trinajstić information content (AvgIpc) is 3.32. The first-order chi connectivity index (χ1) is 18.4. The number of ketones is 1. The number of halogens is 1. The van der Waals surface area contributed by atoms with Crippen LogP contribution < -0.4 is 9.47 Å². The maximum absolute atomic E-state index is 13.8. The standard InChI is InChI=1S/C30H30ClNO6/c1-4-32(5-2)16-17-36-23-11-6-20(7-12-23)29(34)28-25-18-22(31)10-15-26(25)38-30(28)21-8-13-24(14-9-21)37-19-27(33)35-3/h6-15,18H,4-5,16-17,19H2,1-3H3. The molecule has 0 aliphatic heterocycles. The van der Waals surface area contributed by atoms with Crippen LogP contribution in [0.1, 0.15) is 29.8 Å². The van der Waals surface area contributed by atoms with Crippen LogP contribution in [-0.4, -0.2) is 56.6 Å². The third-order valence-electron chi connectivity index (χ3n) is 6.27. The number of benzene rings is 3. The Hall–Kier alpha value is -3.81. The van der Waals surface area contributed by atoms with Gasteiger partial charge in [0.2, 0.25) is 0 Å². The van der Waals surface area contributed by atoms with Crippen LogP contribution in [0.5, 0.6) is 11.5 Å². The lowest BCUT2D eigenvalue weighted by Gasteiger charge is -2.18. The highest BCUT2D eigenvalue weighted by molar-refractivity contribution is 6.32. The molecule has 8 heteroatoms. The summed E-state index contributed by atoms with van der Waals surface area (Å²) >= 11 is 6.27. The quantitative estimate of drug-likeness (QED) is 0.156. The minimum absolute atomic E-state index is 0.193. The molecule has 0 saturated heterocycles. The molecule has 0 saturated carbocycles. The second-order valence-electron chi connectivity index (χ2n) is 8.56. The zero-order chi connectivity index (χ0) is 27.1. The Morgan fingerprint density at radius 3 is 2.21 bits per heavy atom. The van der Waals surface area contributed by atoms with E-state index in [0.717, 1.165) is 19.6 Å². The summed E-state index contributed by atoms with van der Waals surface area (Å²) < 4.78 is 22.0. The van der Waals surface area contributed by atoms with Crippen LogP contribution in [0.4, 0.5) is 0 Å². The Morgan fingerprint density at radius 2 is 1.55 bits per heavy atom. The summed E-state index contributed by atoms with van der Waals surface area (Å²) in [7, 11) is 1.30. The summed E-state index contributed by atoms with van der Waals surface area (Å²) in [5, 5.41) is 1.13. The second kappa shape index (κ2) is 12.6. The van der Waals surface area contributed by atoms with E-state index in [9.17, 15) is 9.59 Å². The van der Waals surface area contributed by atoms with Gasteiger partial charge in [-0.15, -0.1) is 0 Å². The van der Waals surface area contributed by atoms with Crippen molar-refractivity contribution in [2.75, 3.05) is 40.0 Å². The van der Waals surface area contributed by atoms with Crippen molar-refractivity contribution in [2.24, 2.45) is 0 Å². The number of esters is 1. The summed E-state index contributed by atoms with van der Waals surface area (Å²) in [4.78, 5) is 27.4. The fourth-order valence-electron chi connectivity index (χ4n) is 4.08. The van der Waals surface area contributed by atoms with Crippen LogP contribution in [0, 0.1) is 0 Å². The van der Waals surface area contributed by atoms with Crippen molar-refractivity contribution in [3.05, 3.63) is 82.9 Å². The minimum atomic E-state index is -0.476. The Morgan fingerprint density at radius 1 is 0.895 bits per heavy atom. The van der Waals surface area contributed by atoms with Crippen molar-refractivity contribution in [3.63, 3.8) is 0 Å². The number of carbonyl (C=O) groups excluding carboxylic acids is 2. The molecule has 0 fully saturated rings. The first kappa shape index (κ1) is 27.2. The predicted octanol–water partition coefficient (Wildman–Crippen LogP) is 6.26. The Labute approximate surface area is 226 Å². The molecule has 1 heterocycles. The van der Waals surface area contributed by atoms with Crippen molar-refractivity contribution in [2.45, 2.75) is 13.8 Å². The first-order valence-electron chi connectivity index (χ1n) is 12.5. The maximum atomic E-state index is 13.8. The van der Waals surface area contributed by atoms with E-state index in [2.05, 4.69) is 23.5 Å². The van der Waals surface area contributed by atoms with Crippen LogP contribution in [0.2, 0.25) is 5.02 Å². The minimum Gasteiger partial charge on any atom is -0.492 e. The molecule has 4 rings (SSSR count). The fraction of sp³-hybridized carbons (Fsp3) is 0.267. The van der Waals surface area contributed by atoms with E-state index in [1.807, 2.05) is 0 Å². The van der Waals surface area contributed by atoms with Crippen molar-refractivity contribution in [1.29, 1.82) is 0 Å². The molecule has 0 amide bonds. The molecular weight excluding hydrogens is 506 g/mol. The molecule has 7 nitrogen and oxygen atoms in total. The van der Waals surface area contributed by atoms with E-state index < -0.39 is 5.97 Å². The molecule has 0 aliphatic carbocycles. The molecule has 0 unspecified atom stereocenters. The molecule has 0 spiro atoms. The number of rotatable bonds is 12. The molecule has 38 heavy (non-hydrogen) atoms. The van der Waals surface area contributed by atoms with Gasteiger partial charge in [-0.3, -0.25) is 4.79 Å². The first-order valence-corrected chi connectivity index (χ1v) is 12.8. The van der Waals surface area contributed by atoms with Crippen LogP contribution in [0.25, 0.3) is 22.3 Å². The number of hydrogen-bond acceptors (Lipinski definition) is 7. The van der Waals surface area contributed by atoms with Crippen molar-refractivity contribution in [1.82, 2.24) is 4.90 Å². The molecule has 0 radical (unpaired) electrons. The lowest BCUT2D eigenvalue weighted by Crippen LogP contribution is -2.27. The highest BCUT2D eigenvalue weighted by Crippen LogP contribution is 2.37. The number of hydrogen-bond donors (Lipinski definition) is 0. The smallest absolute Gasteiger partial charge is 0.343 e. The van der Waals surface area contributed by atoms with Crippen LogP contribution in [0.3, 0.4) is 0 Å². The van der Waals surface area contributed by atoms with Crippen LogP contribution >= 0.6 is 11.6 Å². The van der Waals surface area contributed by atoms with Gasteiger partial charge in [-0.05, 0) is 79.8 Å². The molecule has 0 aliphatic rings. The number of carbonyl (C=O) groups is 2. The van der Waals surface area contributed by atoms with Crippen LogP contribution in [0.15, 0.2) is 71.1 Å². The van der Waals surface area contributed by atoms with E-state index >= 15 is 0 Å². The molecule has 0 atom stereocenters. The maximum Gasteiger partial charge on any atom is 0.343 e. The molecule has 4 aromatic rings. The molecule has 1 aromatic heterocycles. The van der Waals surface area contributed by atoms with Gasteiger partial charge in [-0.1, -0.05) is 25.4 Å². The van der Waals surface area contributed by atoms with Gasteiger partial charge in [0.25, 0.3) is 0 Å². The van der Waals surface area contributed by atoms with Gasteiger partial charge < -0.3 is 23.5 Å². The summed E-state index contributed by atoms with van der Waals surface area (Å²) in [5.74, 6) is 0.948. The zero-order valence-electron chi connectivity index (χ0n) is 21.7. The van der Waals surface area contributed by atoms with Crippen molar-refractivity contribution in [3.8, 4) is 22.8 Å². The summed E-state index contributed by atoms with van der Waals surface area (Å²) in [6.07, 6.45) is 0. The van der Waals surface area contributed by atoms with Gasteiger partial charge in [-0.25, -0.2) is 4.79 Å². The highest BCUT2D eigenvalue weighted by atomic mass is 35.5. The summed E-state index contributed by atoms with van der Waals surface area (Å²) in [6, 6.07) is 19.3. The number of nitrogens with zero attached hydrogens (tertiary/aromatic N) is 1. The lowest BCUT2D eigenvalue weighted by atomic mass is 9.97. The average molecular weight is 536 g/mol. The molecule has 3 aromatic carbocycles. The summed E-state index contributed by atoms with van der Waals surface area (Å²) in [6.45, 7) is 7.41. The predicted molar refractivity (Wildman–Crippen MR) is 147 cm³/mol. The zero-order valence-corrected chi connectivity index (χ0v) is 22.4. The van der Waals surface area contributed by atoms with E-state index in [0.29, 0.717) is 56.5 Å². The Kier molecular flexibility index (Phi) is 9.05. The van der Waals surface area contributed by atoms with E-state index in [1.165, 1.54) is 7.11 Å². The molecular formula is C30H30ClNO6. The number of furan rings is 1. The van der Waals surface area contributed by atoms with E-state index in [4.69, 9.17) is 25.5 Å².